The molecule has 1 aliphatic rings. The summed E-state index contributed by atoms with van der Waals surface area (Å²) in [6.45, 7) is 4.06. The summed E-state index contributed by atoms with van der Waals surface area (Å²) in [4.78, 5) is 11.8. The number of carbonyl (C=O) groups is 1. The molecule has 4 heteroatoms. The Balaban J connectivity index is 2.13. The van der Waals surface area contributed by atoms with Gasteiger partial charge in [0.1, 0.15) is 5.75 Å². The van der Waals surface area contributed by atoms with Crippen molar-refractivity contribution in [2.75, 3.05) is 12.3 Å². The van der Waals surface area contributed by atoms with Gasteiger partial charge in [0.05, 0.1) is 6.61 Å². The summed E-state index contributed by atoms with van der Waals surface area (Å²) in [7, 11) is 0. The van der Waals surface area contributed by atoms with Crippen molar-refractivity contribution in [3.63, 3.8) is 0 Å². The minimum absolute atomic E-state index is 0.276. The SMILES string of the molecule is CCOC(=O)C(Oc1cccc(N)c1C)C1CC1. The van der Waals surface area contributed by atoms with Crippen LogP contribution in [0.15, 0.2) is 18.2 Å². The molecule has 1 saturated carbocycles. The zero-order chi connectivity index (χ0) is 13.1. The second-order valence-electron chi connectivity index (χ2n) is 4.60. The van der Waals surface area contributed by atoms with E-state index in [1.807, 2.05) is 25.1 Å². The van der Waals surface area contributed by atoms with Crippen LogP contribution in [0.4, 0.5) is 5.69 Å². The van der Waals surface area contributed by atoms with E-state index in [9.17, 15) is 4.79 Å². The maximum atomic E-state index is 11.8. The quantitative estimate of drug-likeness (QED) is 0.642. The Labute approximate surface area is 107 Å². The number of ether oxygens (including phenoxy) is 2. The van der Waals surface area contributed by atoms with E-state index in [2.05, 4.69) is 0 Å². The summed E-state index contributed by atoms with van der Waals surface area (Å²) in [6.07, 6.45) is 1.54. The summed E-state index contributed by atoms with van der Waals surface area (Å²) >= 11 is 0. The minimum atomic E-state index is -0.495. The molecule has 0 amide bonds. The lowest BCUT2D eigenvalue weighted by molar-refractivity contribution is -0.152. The summed E-state index contributed by atoms with van der Waals surface area (Å²) in [5.74, 6) is 0.673. The first-order valence-corrected chi connectivity index (χ1v) is 6.32. The molecule has 4 nitrogen and oxygen atoms in total. The third kappa shape index (κ3) is 2.75. The average Bonchev–Trinajstić information content (AvgIpc) is 3.15. The van der Waals surface area contributed by atoms with E-state index in [0.717, 1.165) is 18.4 Å². The highest BCUT2D eigenvalue weighted by atomic mass is 16.6. The van der Waals surface area contributed by atoms with Crippen molar-refractivity contribution in [1.82, 2.24) is 0 Å². The predicted molar refractivity (Wildman–Crippen MR) is 69.4 cm³/mol. The highest BCUT2D eigenvalue weighted by Crippen LogP contribution is 2.36. The van der Waals surface area contributed by atoms with Crippen LogP contribution in [0, 0.1) is 12.8 Å². The van der Waals surface area contributed by atoms with Crippen LogP contribution in [0.25, 0.3) is 0 Å². The van der Waals surface area contributed by atoms with E-state index < -0.39 is 6.10 Å². The summed E-state index contributed by atoms with van der Waals surface area (Å²) in [5, 5.41) is 0. The predicted octanol–water partition coefficient (Wildman–Crippen LogP) is 2.30. The fourth-order valence-corrected chi connectivity index (χ4v) is 1.86. The van der Waals surface area contributed by atoms with Crippen LogP contribution < -0.4 is 10.5 Å². The van der Waals surface area contributed by atoms with Crippen LogP contribution in [0.3, 0.4) is 0 Å². The van der Waals surface area contributed by atoms with Gasteiger partial charge in [0.2, 0.25) is 0 Å². The number of benzene rings is 1. The lowest BCUT2D eigenvalue weighted by Crippen LogP contribution is -2.31. The van der Waals surface area contributed by atoms with Gasteiger partial charge < -0.3 is 15.2 Å². The van der Waals surface area contributed by atoms with Gasteiger partial charge >= 0.3 is 5.97 Å². The van der Waals surface area contributed by atoms with E-state index in [1.54, 1.807) is 6.92 Å². The minimum Gasteiger partial charge on any atom is -0.478 e. The molecule has 0 saturated heterocycles. The Kier molecular flexibility index (Phi) is 3.75. The van der Waals surface area contributed by atoms with Gasteiger partial charge in [-0.15, -0.1) is 0 Å². The fraction of sp³-hybridized carbons (Fsp3) is 0.500. The molecule has 2 N–H and O–H groups in total. The zero-order valence-electron chi connectivity index (χ0n) is 10.8. The fourth-order valence-electron chi connectivity index (χ4n) is 1.86. The van der Waals surface area contributed by atoms with Gasteiger partial charge in [-0.05, 0) is 38.8 Å². The Hall–Kier alpha value is -1.71. The molecule has 18 heavy (non-hydrogen) atoms. The second kappa shape index (κ2) is 5.29. The van der Waals surface area contributed by atoms with Gasteiger partial charge in [-0.1, -0.05) is 6.07 Å². The van der Waals surface area contributed by atoms with Gasteiger partial charge in [0, 0.05) is 17.2 Å². The normalized spacial score (nSPS) is 16.1. The number of hydrogen-bond donors (Lipinski definition) is 1. The van der Waals surface area contributed by atoms with E-state index in [0.29, 0.717) is 18.0 Å². The van der Waals surface area contributed by atoms with Crippen LogP contribution in [-0.2, 0) is 9.53 Å². The molecule has 98 valence electrons. The first-order chi connectivity index (χ1) is 8.63. The zero-order valence-corrected chi connectivity index (χ0v) is 10.8. The van der Waals surface area contributed by atoms with E-state index in [1.165, 1.54) is 0 Å². The van der Waals surface area contributed by atoms with Gasteiger partial charge in [-0.3, -0.25) is 0 Å². The molecule has 0 heterocycles. The third-order valence-electron chi connectivity index (χ3n) is 3.15. The molecule has 0 aliphatic heterocycles. The molecular formula is C14H19NO3. The number of anilines is 1. The van der Waals surface area contributed by atoms with E-state index in [4.69, 9.17) is 15.2 Å². The van der Waals surface area contributed by atoms with Crippen molar-refractivity contribution >= 4 is 11.7 Å². The number of nitrogens with two attached hydrogens (primary N) is 1. The maximum Gasteiger partial charge on any atom is 0.347 e. The smallest absolute Gasteiger partial charge is 0.347 e. The van der Waals surface area contributed by atoms with Crippen LogP contribution in [0.2, 0.25) is 0 Å². The topological polar surface area (TPSA) is 61.5 Å². The number of nitrogen functional groups attached to an aromatic ring is 1. The lowest BCUT2D eigenvalue weighted by atomic mass is 10.1. The molecule has 1 aromatic rings. The third-order valence-corrected chi connectivity index (χ3v) is 3.15. The molecule has 1 aliphatic carbocycles. The van der Waals surface area contributed by atoms with Gasteiger partial charge in [-0.25, -0.2) is 4.79 Å². The first-order valence-electron chi connectivity index (χ1n) is 6.32. The second-order valence-corrected chi connectivity index (χ2v) is 4.60. The Morgan fingerprint density at radius 3 is 2.83 bits per heavy atom. The average molecular weight is 249 g/mol. The highest BCUT2D eigenvalue weighted by Gasteiger charge is 2.39. The van der Waals surface area contributed by atoms with Crippen LogP contribution in [-0.4, -0.2) is 18.7 Å². The largest absolute Gasteiger partial charge is 0.478 e. The molecule has 1 fully saturated rings. The number of esters is 1. The first kappa shape index (κ1) is 12.7. The van der Waals surface area contributed by atoms with E-state index in [-0.39, 0.29) is 11.9 Å². The monoisotopic (exact) mass is 249 g/mol. The van der Waals surface area contributed by atoms with Crippen LogP contribution >= 0.6 is 0 Å². The molecule has 0 spiro atoms. The van der Waals surface area contributed by atoms with E-state index >= 15 is 0 Å². The van der Waals surface area contributed by atoms with Crippen molar-refractivity contribution in [2.45, 2.75) is 32.8 Å². The molecule has 1 aromatic carbocycles. The van der Waals surface area contributed by atoms with Crippen LogP contribution in [0.5, 0.6) is 5.75 Å². The molecule has 0 aromatic heterocycles. The Morgan fingerprint density at radius 1 is 1.50 bits per heavy atom. The summed E-state index contributed by atoms with van der Waals surface area (Å²) in [5.41, 5.74) is 7.37. The number of hydrogen-bond acceptors (Lipinski definition) is 4. The standard InChI is InChI=1S/C14H19NO3/c1-3-17-14(16)13(10-7-8-10)18-12-6-4-5-11(15)9(12)2/h4-6,10,13H,3,7-8,15H2,1-2H3. The Bertz CT molecular complexity index is 441. The number of rotatable bonds is 5. The summed E-state index contributed by atoms with van der Waals surface area (Å²) < 4.78 is 10.9. The van der Waals surface area contributed by atoms with Gasteiger partial charge in [0.25, 0.3) is 0 Å². The highest BCUT2D eigenvalue weighted by molar-refractivity contribution is 5.76. The van der Waals surface area contributed by atoms with Crippen molar-refractivity contribution in [3.8, 4) is 5.75 Å². The van der Waals surface area contributed by atoms with Gasteiger partial charge in [0.15, 0.2) is 6.10 Å². The lowest BCUT2D eigenvalue weighted by Gasteiger charge is -2.19. The molecule has 2 rings (SSSR count). The van der Waals surface area contributed by atoms with Crippen molar-refractivity contribution in [2.24, 2.45) is 5.92 Å². The molecule has 1 atom stereocenters. The molecule has 0 radical (unpaired) electrons. The molecular weight excluding hydrogens is 230 g/mol. The number of carbonyl (C=O) groups excluding carboxylic acids is 1. The molecule has 0 bridgehead atoms. The van der Waals surface area contributed by atoms with Crippen molar-refractivity contribution in [3.05, 3.63) is 23.8 Å². The van der Waals surface area contributed by atoms with Crippen molar-refractivity contribution in [1.29, 1.82) is 0 Å². The summed E-state index contributed by atoms with van der Waals surface area (Å²) in [6, 6.07) is 5.48. The van der Waals surface area contributed by atoms with Crippen molar-refractivity contribution < 1.29 is 14.3 Å². The maximum absolute atomic E-state index is 11.8. The Morgan fingerprint density at radius 2 is 2.22 bits per heavy atom. The van der Waals surface area contributed by atoms with Crippen LogP contribution in [0.1, 0.15) is 25.3 Å². The van der Waals surface area contributed by atoms with Gasteiger partial charge in [-0.2, -0.15) is 0 Å². The molecule has 1 unspecified atom stereocenters.